The molecule has 1 N–H and O–H groups in total. The third-order valence-corrected chi connectivity index (χ3v) is 7.71. The van der Waals surface area contributed by atoms with Crippen LogP contribution in [0.25, 0.3) is 0 Å². The summed E-state index contributed by atoms with van der Waals surface area (Å²) in [6.07, 6.45) is 4.92. The number of methoxy groups -OCH3 is 3. The van der Waals surface area contributed by atoms with E-state index >= 15 is 0 Å². The van der Waals surface area contributed by atoms with Gasteiger partial charge in [-0.1, -0.05) is 54.1 Å². The quantitative estimate of drug-likeness (QED) is 0.145. The molecule has 0 radical (unpaired) electrons. The number of carbonyl (C=O) groups excluding carboxylic acids is 3. The maximum absolute atomic E-state index is 14.4. The Labute approximate surface area is 267 Å². The highest BCUT2D eigenvalue weighted by Gasteiger charge is 2.34. The van der Waals surface area contributed by atoms with E-state index in [0.29, 0.717) is 36.7 Å². The zero-order valence-corrected chi connectivity index (χ0v) is 26.5. The first-order chi connectivity index (χ1) is 21.7. The summed E-state index contributed by atoms with van der Waals surface area (Å²) in [6.45, 7) is 0.693. The predicted octanol–water partition coefficient (Wildman–Crippen LogP) is 5.00. The largest absolute Gasteiger partial charge is 0.493 e. The van der Waals surface area contributed by atoms with E-state index in [4.69, 9.17) is 25.8 Å². The number of halogens is 1. The lowest BCUT2D eigenvalue weighted by molar-refractivity contribution is -0.143. The molecule has 0 spiro atoms. The summed E-state index contributed by atoms with van der Waals surface area (Å²) in [5.41, 5.74) is 1.77. The number of nitrogens with one attached hydrogen (secondary N) is 1. The van der Waals surface area contributed by atoms with E-state index < -0.39 is 17.7 Å². The van der Waals surface area contributed by atoms with Gasteiger partial charge in [-0.15, -0.1) is 0 Å². The molecule has 0 aliphatic carbocycles. The smallest absolute Gasteiger partial charge is 0.295 e. The van der Waals surface area contributed by atoms with E-state index in [1.54, 1.807) is 29.4 Å². The second-order valence-corrected chi connectivity index (χ2v) is 10.8. The molecule has 4 rings (SSSR count). The molecule has 45 heavy (non-hydrogen) atoms. The van der Waals surface area contributed by atoms with Gasteiger partial charge in [0.1, 0.15) is 11.9 Å². The number of ether oxygens (including phenoxy) is 3. The third-order valence-electron chi connectivity index (χ3n) is 7.46. The van der Waals surface area contributed by atoms with Crippen molar-refractivity contribution in [3.8, 4) is 17.2 Å². The average Bonchev–Trinajstić information content (AvgIpc) is 3.59. The fourth-order valence-electron chi connectivity index (χ4n) is 5.02. The minimum absolute atomic E-state index is 0.0451. The molecule has 0 saturated carbocycles. The molecule has 2 amide bonds. The fourth-order valence-corrected chi connectivity index (χ4v) is 5.15. The Balaban J connectivity index is 1.65. The molecular weight excluding hydrogens is 596 g/mol. The second-order valence-electron chi connectivity index (χ2n) is 10.4. The summed E-state index contributed by atoms with van der Waals surface area (Å²) < 4.78 is 16.1. The van der Waals surface area contributed by atoms with E-state index in [2.05, 4.69) is 9.97 Å². The van der Waals surface area contributed by atoms with Crippen LogP contribution in [0, 0.1) is 0 Å². The summed E-state index contributed by atoms with van der Waals surface area (Å²) in [5, 5.41) is 0.590. The number of likely N-dealkylation sites (N-methyl/N-ethyl adjacent to an activating group) is 1. The number of carbonyl (C=O) groups is 3. The standard InChI is InChI=1S/C34H37ClN4O6/c1-38(34(42)31(40)25-20-28(43-2)32(45-4)29(21-25)44-3)27(19-23-9-6-5-7-10-23)33(41)39(18-8-11-30-36-16-17-37-30)22-24-12-14-26(35)15-13-24/h5-7,9-10,12-17,20-21,27H,8,11,18-19,22H2,1-4H3,(H,36,37)/t27-/m0/s1. The van der Waals surface area contributed by atoms with Crippen LogP contribution in [0.2, 0.25) is 5.02 Å². The molecule has 0 aliphatic rings. The summed E-state index contributed by atoms with van der Waals surface area (Å²) in [4.78, 5) is 52.1. The number of benzene rings is 3. The Bertz CT molecular complexity index is 1550. The van der Waals surface area contributed by atoms with Crippen molar-refractivity contribution in [2.24, 2.45) is 0 Å². The van der Waals surface area contributed by atoms with Gasteiger partial charge in [0.25, 0.3) is 11.7 Å². The highest BCUT2D eigenvalue weighted by atomic mass is 35.5. The first-order valence-electron chi connectivity index (χ1n) is 14.4. The first kappa shape index (κ1) is 33.1. The molecule has 1 heterocycles. The zero-order valence-electron chi connectivity index (χ0n) is 25.8. The molecule has 1 atom stereocenters. The number of amides is 2. The topological polar surface area (TPSA) is 114 Å². The van der Waals surface area contributed by atoms with Crippen molar-refractivity contribution < 1.29 is 28.6 Å². The Morgan fingerprint density at radius 2 is 1.58 bits per heavy atom. The number of imidazole rings is 1. The van der Waals surface area contributed by atoms with E-state index in [-0.39, 0.29) is 29.4 Å². The van der Waals surface area contributed by atoms with Crippen molar-refractivity contribution >= 4 is 29.2 Å². The SMILES string of the molecule is COc1cc(C(=O)C(=O)N(C)[C@@H](Cc2ccccc2)C(=O)N(CCCc2ncc[nH]2)Cc2ccc(Cl)cc2)cc(OC)c1OC. The summed E-state index contributed by atoms with van der Waals surface area (Å²) in [6, 6.07) is 18.5. The van der Waals surface area contributed by atoms with Crippen LogP contribution >= 0.6 is 11.6 Å². The maximum atomic E-state index is 14.4. The number of aryl methyl sites for hydroxylation is 1. The molecule has 3 aromatic carbocycles. The molecule has 0 saturated heterocycles. The minimum atomic E-state index is -0.971. The number of hydrogen-bond acceptors (Lipinski definition) is 7. The van der Waals surface area contributed by atoms with Crippen LogP contribution in [0.15, 0.2) is 79.1 Å². The molecule has 236 valence electrons. The summed E-state index contributed by atoms with van der Waals surface area (Å²) in [5.74, 6) is -0.372. The number of rotatable bonds is 15. The van der Waals surface area contributed by atoms with Crippen LogP contribution in [0.4, 0.5) is 0 Å². The molecule has 1 aromatic heterocycles. The maximum Gasteiger partial charge on any atom is 0.295 e. The number of Topliss-reactive ketones (excluding diaryl/α,β-unsaturated/α-hetero) is 1. The van der Waals surface area contributed by atoms with Crippen LogP contribution in [-0.4, -0.2) is 78.3 Å². The highest BCUT2D eigenvalue weighted by Crippen LogP contribution is 2.38. The number of aromatic amines is 1. The normalized spacial score (nSPS) is 11.4. The van der Waals surface area contributed by atoms with Crippen LogP contribution in [0.3, 0.4) is 0 Å². The number of aromatic nitrogens is 2. The Morgan fingerprint density at radius 1 is 0.911 bits per heavy atom. The molecule has 0 aliphatic heterocycles. The van der Waals surface area contributed by atoms with E-state index in [9.17, 15) is 14.4 Å². The number of ketones is 1. The van der Waals surface area contributed by atoms with Gasteiger partial charge in [0.2, 0.25) is 11.7 Å². The van der Waals surface area contributed by atoms with Crippen molar-refractivity contribution in [3.05, 3.63) is 107 Å². The third kappa shape index (κ3) is 8.42. The molecule has 0 unspecified atom stereocenters. The van der Waals surface area contributed by atoms with Gasteiger partial charge in [-0.05, 0) is 41.8 Å². The van der Waals surface area contributed by atoms with E-state index in [1.165, 1.54) is 45.4 Å². The van der Waals surface area contributed by atoms with E-state index in [1.807, 2.05) is 42.5 Å². The van der Waals surface area contributed by atoms with Gasteiger partial charge in [-0.3, -0.25) is 14.4 Å². The monoisotopic (exact) mass is 632 g/mol. The van der Waals surface area contributed by atoms with Crippen molar-refractivity contribution in [2.75, 3.05) is 34.9 Å². The highest BCUT2D eigenvalue weighted by molar-refractivity contribution is 6.43. The van der Waals surface area contributed by atoms with Crippen LogP contribution < -0.4 is 14.2 Å². The molecule has 0 bridgehead atoms. The van der Waals surface area contributed by atoms with Gasteiger partial charge in [0, 0.05) is 56.0 Å². The van der Waals surface area contributed by atoms with Crippen molar-refractivity contribution in [1.82, 2.24) is 19.8 Å². The van der Waals surface area contributed by atoms with Gasteiger partial charge in [0.15, 0.2) is 11.5 Å². The molecular formula is C34H37ClN4O6. The van der Waals surface area contributed by atoms with Gasteiger partial charge in [-0.25, -0.2) is 4.98 Å². The first-order valence-corrected chi connectivity index (χ1v) is 14.8. The molecule has 4 aromatic rings. The van der Waals surface area contributed by atoms with Gasteiger partial charge < -0.3 is 29.0 Å². The molecule has 11 heteroatoms. The number of H-pyrrole nitrogens is 1. The fraction of sp³-hybridized carbons (Fsp3) is 0.294. The number of hydrogen-bond donors (Lipinski definition) is 1. The summed E-state index contributed by atoms with van der Waals surface area (Å²) >= 11 is 6.11. The predicted molar refractivity (Wildman–Crippen MR) is 171 cm³/mol. The lowest BCUT2D eigenvalue weighted by Gasteiger charge is -2.33. The van der Waals surface area contributed by atoms with Crippen molar-refractivity contribution in [3.63, 3.8) is 0 Å². The van der Waals surface area contributed by atoms with Gasteiger partial charge >= 0.3 is 0 Å². The van der Waals surface area contributed by atoms with Crippen LogP contribution in [0.5, 0.6) is 17.2 Å². The number of nitrogens with zero attached hydrogens (tertiary/aromatic N) is 3. The van der Waals surface area contributed by atoms with Crippen molar-refractivity contribution in [1.29, 1.82) is 0 Å². The molecule has 0 fully saturated rings. The van der Waals surface area contributed by atoms with E-state index in [0.717, 1.165) is 17.0 Å². The van der Waals surface area contributed by atoms with Crippen LogP contribution in [-0.2, 0) is 29.0 Å². The van der Waals surface area contributed by atoms with Gasteiger partial charge in [0.05, 0.1) is 21.3 Å². The van der Waals surface area contributed by atoms with Crippen molar-refractivity contribution in [2.45, 2.75) is 31.8 Å². The lowest BCUT2D eigenvalue weighted by Crippen LogP contribution is -2.52. The molecule has 10 nitrogen and oxygen atoms in total. The Kier molecular flexibility index (Phi) is 11.6. The van der Waals surface area contributed by atoms with Gasteiger partial charge in [-0.2, -0.15) is 0 Å². The minimum Gasteiger partial charge on any atom is -0.493 e. The summed E-state index contributed by atoms with van der Waals surface area (Å²) in [7, 11) is 5.78. The van der Waals surface area contributed by atoms with Crippen LogP contribution in [0.1, 0.15) is 33.7 Å². The lowest BCUT2D eigenvalue weighted by atomic mass is 10.0. The average molecular weight is 633 g/mol. The zero-order chi connectivity index (χ0) is 32.3. The second kappa shape index (κ2) is 15.8. The Hall–Kier alpha value is -4.83. The Morgan fingerprint density at radius 3 is 2.16 bits per heavy atom.